The number of nitrogens with one attached hydrogen (secondary N) is 1. The zero-order valence-electron chi connectivity index (χ0n) is 13.9. The zero-order valence-corrected chi connectivity index (χ0v) is 13.9. The number of carbonyl (C=O) groups is 1. The first-order chi connectivity index (χ1) is 11.7. The van der Waals surface area contributed by atoms with Crippen LogP contribution in [0.4, 0.5) is 0 Å². The molecule has 5 heteroatoms. The summed E-state index contributed by atoms with van der Waals surface area (Å²) in [6, 6.07) is 12.9. The van der Waals surface area contributed by atoms with Gasteiger partial charge in [-0.05, 0) is 31.2 Å². The van der Waals surface area contributed by atoms with Crippen molar-refractivity contribution in [2.45, 2.75) is 19.4 Å². The van der Waals surface area contributed by atoms with Crippen LogP contribution in [0, 0.1) is 0 Å². The topological polar surface area (TPSA) is 56.8 Å². The van der Waals surface area contributed by atoms with Gasteiger partial charge in [0.2, 0.25) is 0 Å². The normalized spacial score (nSPS) is 15.8. The molecule has 1 heterocycles. The number of methoxy groups -OCH3 is 1. The van der Waals surface area contributed by atoms with Gasteiger partial charge in [-0.1, -0.05) is 18.2 Å². The van der Waals surface area contributed by atoms with E-state index in [0.29, 0.717) is 30.3 Å². The summed E-state index contributed by atoms with van der Waals surface area (Å²) in [6.07, 6.45) is 0.747. The third-order valence-electron chi connectivity index (χ3n) is 3.99. The molecule has 0 aliphatic carbocycles. The Morgan fingerprint density at radius 2 is 2.08 bits per heavy atom. The summed E-state index contributed by atoms with van der Waals surface area (Å²) in [7, 11) is 1.56. The monoisotopic (exact) mass is 327 g/mol. The van der Waals surface area contributed by atoms with E-state index >= 15 is 0 Å². The maximum Gasteiger partial charge on any atom is 0.251 e. The van der Waals surface area contributed by atoms with E-state index in [1.54, 1.807) is 25.3 Å². The van der Waals surface area contributed by atoms with E-state index in [4.69, 9.17) is 14.2 Å². The second kappa shape index (κ2) is 7.25. The lowest BCUT2D eigenvalue weighted by Gasteiger charge is -2.26. The standard InChI is InChI=1S/C19H21NO4/c1-3-23-17-9-8-13(12-18(17)22-2)19(21)20-15-10-11-24-16-7-5-4-6-14(15)16/h4-9,12,15H,3,10-11H2,1-2H3,(H,20,21). The number of benzene rings is 2. The van der Waals surface area contributed by atoms with Crippen LogP contribution >= 0.6 is 0 Å². The first-order valence-corrected chi connectivity index (χ1v) is 8.06. The molecular formula is C19H21NO4. The van der Waals surface area contributed by atoms with E-state index < -0.39 is 0 Å². The first-order valence-electron chi connectivity index (χ1n) is 8.06. The van der Waals surface area contributed by atoms with Crippen LogP contribution in [-0.2, 0) is 0 Å². The average Bonchev–Trinajstić information content (AvgIpc) is 2.62. The number of ether oxygens (including phenoxy) is 3. The molecule has 0 radical (unpaired) electrons. The minimum atomic E-state index is -0.141. The van der Waals surface area contributed by atoms with Crippen molar-refractivity contribution in [2.24, 2.45) is 0 Å². The molecule has 0 spiro atoms. The van der Waals surface area contributed by atoms with Gasteiger partial charge in [0.05, 0.1) is 26.4 Å². The average molecular weight is 327 g/mol. The van der Waals surface area contributed by atoms with E-state index in [-0.39, 0.29) is 11.9 Å². The number of para-hydroxylation sites is 1. The van der Waals surface area contributed by atoms with Crippen molar-refractivity contribution in [3.8, 4) is 17.2 Å². The first kappa shape index (κ1) is 16.2. The highest BCUT2D eigenvalue weighted by Crippen LogP contribution is 2.32. The van der Waals surface area contributed by atoms with Gasteiger partial charge in [-0.25, -0.2) is 0 Å². The molecule has 0 aromatic heterocycles. The Balaban J connectivity index is 1.78. The Hall–Kier alpha value is -2.69. The number of hydrogen-bond acceptors (Lipinski definition) is 4. The third kappa shape index (κ3) is 3.30. The Morgan fingerprint density at radius 3 is 2.88 bits per heavy atom. The molecule has 0 saturated heterocycles. The second-order valence-electron chi connectivity index (χ2n) is 5.50. The molecule has 1 aliphatic rings. The van der Waals surface area contributed by atoms with Crippen LogP contribution < -0.4 is 19.5 Å². The maximum absolute atomic E-state index is 12.6. The SMILES string of the molecule is CCOc1ccc(C(=O)NC2CCOc3ccccc32)cc1OC. The fourth-order valence-corrected chi connectivity index (χ4v) is 2.82. The lowest BCUT2D eigenvalue weighted by atomic mass is 10.00. The molecule has 1 N–H and O–H groups in total. The van der Waals surface area contributed by atoms with E-state index in [1.165, 1.54) is 0 Å². The highest BCUT2D eigenvalue weighted by molar-refractivity contribution is 5.95. The summed E-state index contributed by atoms with van der Waals surface area (Å²) in [5, 5.41) is 3.08. The predicted molar refractivity (Wildman–Crippen MR) is 90.9 cm³/mol. The number of rotatable bonds is 5. The van der Waals surface area contributed by atoms with Crippen LogP contribution in [0.15, 0.2) is 42.5 Å². The fourth-order valence-electron chi connectivity index (χ4n) is 2.82. The summed E-state index contributed by atoms with van der Waals surface area (Å²) < 4.78 is 16.4. The molecule has 3 rings (SSSR count). The highest BCUT2D eigenvalue weighted by Gasteiger charge is 2.23. The van der Waals surface area contributed by atoms with Crippen LogP contribution in [0.5, 0.6) is 17.2 Å². The molecule has 1 unspecified atom stereocenters. The molecule has 5 nitrogen and oxygen atoms in total. The molecule has 1 aliphatic heterocycles. The number of carbonyl (C=O) groups excluding carboxylic acids is 1. The Morgan fingerprint density at radius 1 is 1.25 bits per heavy atom. The Labute approximate surface area is 141 Å². The van der Waals surface area contributed by atoms with Gasteiger partial charge in [0.1, 0.15) is 5.75 Å². The summed E-state index contributed by atoms with van der Waals surface area (Å²) in [4.78, 5) is 12.6. The molecule has 0 saturated carbocycles. The lowest BCUT2D eigenvalue weighted by molar-refractivity contribution is 0.0924. The van der Waals surface area contributed by atoms with Gasteiger partial charge >= 0.3 is 0 Å². The molecule has 2 aromatic rings. The van der Waals surface area contributed by atoms with Crippen molar-refractivity contribution in [2.75, 3.05) is 20.3 Å². The summed E-state index contributed by atoms with van der Waals surface area (Å²) in [5.74, 6) is 1.88. The van der Waals surface area contributed by atoms with Crippen molar-refractivity contribution < 1.29 is 19.0 Å². The molecule has 1 atom stereocenters. The van der Waals surface area contributed by atoms with Crippen LogP contribution in [0.25, 0.3) is 0 Å². The summed E-state index contributed by atoms with van der Waals surface area (Å²) in [5.41, 5.74) is 1.55. The smallest absolute Gasteiger partial charge is 0.251 e. The van der Waals surface area contributed by atoms with Crippen LogP contribution in [0.2, 0.25) is 0 Å². The number of amides is 1. The largest absolute Gasteiger partial charge is 0.493 e. The minimum Gasteiger partial charge on any atom is -0.493 e. The molecule has 0 bridgehead atoms. The molecule has 0 fully saturated rings. The van der Waals surface area contributed by atoms with Crippen molar-refractivity contribution in [3.05, 3.63) is 53.6 Å². The van der Waals surface area contributed by atoms with Crippen molar-refractivity contribution in [3.63, 3.8) is 0 Å². The molecule has 2 aromatic carbocycles. The highest BCUT2D eigenvalue weighted by atomic mass is 16.5. The fraction of sp³-hybridized carbons (Fsp3) is 0.316. The second-order valence-corrected chi connectivity index (χ2v) is 5.50. The number of hydrogen-bond donors (Lipinski definition) is 1. The minimum absolute atomic E-state index is 0.0555. The quantitative estimate of drug-likeness (QED) is 0.915. The zero-order chi connectivity index (χ0) is 16.9. The third-order valence-corrected chi connectivity index (χ3v) is 3.99. The Bertz CT molecular complexity index is 729. The van der Waals surface area contributed by atoms with Gasteiger partial charge in [-0.15, -0.1) is 0 Å². The van der Waals surface area contributed by atoms with Crippen molar-refractivity contribution in [1.29, 1.82) is 0 Å². The maximum atomic E-state index is 12.6. The molecular weight excluding hydrogens is 306 g/mol. The van der Waals surface area contributed by atoms with E-state index in [1.807, 2.05) is 31.2 Å². The molecule has 126 valence electrons. The molecule has 1 amide bonds. The van der Waals surface area contributed by atoms with E-state index in [0.717, 1.165) is 17.7 Å². The lowest BCUT2D eigenvalue weighted by Crippen LogP contribution is -2.32. The van der Waals surface area contributed by atoms with Crippen LogP contribution in [0.1, 0.15) is 35.3 Å². The summed E-state index contributed by atoms with van der Waals surface area (Å²) in [6.45, 7) is 3.04. The van der Waals surface area contributed by atoms with E-state index in [9.17, 15) is 4.79 Å². The van der Waals surface area contributed by atoms with Gasteiger partial charge < -0.3 is 19.5 Å². The van der Waals surface area contributed by atoms with Crippen LogP contribution in [0.3, 0.4) is 0 Å². The predicted octanol–water partition coefficient (Wildman–Crippen LogP) is 3.35. The van der Waals surface area contributed by atoms with E-state index in [2.05, 4.69) is 5.32 Å². The molecule has 24 heavy (non-hydrogen) atoms. The van der Waals surface area contributed by atoms with Gasteiger partial charge in [-0.2, -0.15) is 0 Å². The van der Waals surface area contributed by atoms with Gasteiger partial charge in [0.15, 0.2) is 11.5 Å². The Kier molecular flexibility index (Phi) is 4.89. The number of fused-ring (bicyclic) bond motifs is 1. The summed E-state index contributed by atoms with van der Waals surface area (Å²) >= 11 is 0. The van der Waals surface area contributed by atoms with Gasteiger partial charge in [0.25, 0.3) is 5.91 Å². The van der Waals surface area contributed by atoms with Gasteiger partial charge in [-0.3, -0.25) is 4.79 Å². The van der Waals surface area contributed by atoms with Gasteiger partial charge in [0, 0.05) is 17.5 Å². The van der Waals surface area contributed by atoms with Crippen LogP contribution in [-0.4, -0.2) is 26.2 Å². The van der Waals surface area contributed by atoms with Crippen molar-refractivity contribution in [1.82, 2.24) is 5.32 Å². The van der Waals surface area contributed by atoms with Crippen molar-refractivity contribution >= 4 is 5.91 Å².